The first-order chi connectivity index (χ1) is 12.1. The van der Waals surface area contributed by atoms with Crippen LogP contribution in [0.3, 0.4) is 0 Å². The number of carbonyl (C=O) groups is 1. The fourth-order valence-corrected chi connectivity index (χ4v) is 2.83. The van der Waals surface area contributed by atoms with Crippen LogP contribution in [-0.4, -0.2) is 79.8 Å². The summed E-state index contributed by atoms with van der Waals surface area (Å²) in [7, 11) is 0. The minimum Gasteiger partial charge on any atom is -0.349 e. The second kappa shape index (κ2) is 8.17. The molecule has 1 aliphatic rings. The number of amides is 1. The van der Waals surface area contributed by atoms with Crippen molar-refractivity contribution in [1.29, 1.82) is 0 Å². The van der Waals surface area contributed by atoms with Gasteiger partial charge in [-0.25, -0.2) is 9.67 Å². The van der Waals surface area contributed by atoms with E-state index in [1.807, 2.05) is 13.8 Å². The van der Waals surface area contributed by atoms with Crippen LogP contribution in [0.2, 0.25) is 0 Å². The molecule has 1 amide bonds. The first-order valence-electron chi connectivity index (χ1n) is 8.61. The third-order valence-electron chi connectivity index (χ3n) is 4.20. The molecular formula is C15H25N9O. The molecule has 0 saturated carbocycles. The third kappa shape index (κ3) is 4.83. The molecule has 3 heterocycles. The van der Waals surface area contributed by atoms with Crippen LogP contribution in [0.25, 0.3) is 0 Å². The lowest BCUT2D eigenvalue weighted by Crippen LogP contribution is -2.44. The maximum atomic E-state index is 12.2. The summed E-state index contributed by atoms with van der Waals surface area (Å²) in [5, 5.41) is 18.4. The average Bonchev–Trinajstić information content (AvgIpc) is 3.20. The summed E-state index contributed by atoms with van der Waals surface area (Å²) < 4.78 is 3.50. The Kier molecular flexibility index (Phi) is 5.71. The van der Waals surface area contributed by atoms with E-state index in [-0.39, 0.29) is 5.91 Å². The van der Waals surface area contributed by atoms with Gasteiger partial charge in [-0.2, -0.15) is 5.10 Å². The van der Waals surface area contributed by atoms with E-state index in [1.54, 1.807) is 15.6 Å². The van der Waals surface area contributed by atoms with Gasteiger partial charge in [0.1, 0.15) is 11.6 Å². The van der Waals surface area contributed by atoms with Crippen LogP contribution >= 0.6 is 0 Å². The summed E-state index contributed by atoms with van der Waals surface area (Å²) >= 11 is 0. The number of hydrogen-bond donors (Lipinski definition) is 2. The highest BCUT2D eigenvalue weighted by Crippen LogP contribution is 1.98. The van der Waals surface area contributed by atoms with Crippen molar-refractivity contribution in [2.24, 2.45) is 0 Å². The molecule has 136 valence electrons. The van der Waals surface area contributed by atoms with Crippen LogP contribution in [0.1, 0.15) is 22.1 Å². The topological polar surface area (TPSA) is 106 Å². The lowest BCUT2D eigenvalue weighted by atomic mass is 10.3. The minimum atomic E-state index is -0.220. The lowest BCUT2D eigenvalue weighted by Gasteiger charge is -2.26. The first-order valence-corrected chi connectivity index (χ1v) is 8.61. The molecule has 2 aromatic heterocycles. The zero-order valence-electron chi connectivity index (χ0n) is 14.8. The van der Waals surface area contributed by atoms with E-state index >= 15 is 0 Å². The van der Waals surface area contributed by atoms with Crippen molar-refractivity contribution < 1.29 is 4.79 Å². The predicted molar refractivity (Wildman–Crippen MR) is 91.2 cm³/mol. The van der Waals surface area contributed by atoms with Crippen molar-refractivity contribution >= 4 is 5.91 Å². The van der Waals surface area contributed by atoms with Crippen LogP contribution in [0.4, 0.5) is 0 Å². The molecule has 0 spiro atoms. The van der Waals surface area contributed by atoms with Crippen LogP contribution in [0.5, 0.6) is 0 Å². The Labute approximate surface area is 146 Å². The maximum absolute atomic E-state index is 12.2. The fraction of sp³-hybridized carbons (Fsp3) is 0.667. The first kappa shape index (κ1) is 17.5. The molecule has 0 atom stereocenters. The Balaban J connectivity index is 1.43. The van der Waals surface area contributed by atoms with Crippen molar-refractivity contribution in [3.05, 3.63) is 23.5 Å². The second-order valence-corrected chi connectivity index (χ2v) is 6.14. The zero-order chi connectivity index (χ0) is 17.6. The molecule has 10 heteroatoms. The highest BCUT2D eigenvalue weighted by molar-refractivity contribution is 5.91. The highest BCUT2D eigenvalue weighted by atomic mass is 16.2. The van der Waals surface area contributed by atoms with Crippen molar-refractivity contribution in [1.82, 2.24) is 45.3 Å². The molecule has 10 nitrogen and oxygen atoms in total. The average molecular weight is 347 g/mol. The number of piperazine rings is 1. The van der Waals surface area contributed by atoms with Gasteiger partial charge in [0.2, 0.25) is 0 Å². The molecule has 1 fully saturated rings. The molecule has 2 N–H and O–H groups in total. The van der Waals surface area contributed by atoms with E-state index in [0.717, 1.165) is 50.9 Å². The summed E-state index contributed by atoms with van der Waals surface area (Å²) in [4.78, 5) is 18.8. The van der Waals surface area contributed by atoms with E-state index in [4.69, 9.17) is 0 Å². The van der Waals surface area contributed by atoms with Crippen molar-refractivity contribution in [2.45, 2.75) is 26.9 Å². The Morgan fingerprint density at radius 3 is 2.76 bits per heavy atom. The van der Waals surface area contributed by atoms with Gasteiger partial charge in [0, 0.05) is 39.3 Å². The molecule has 0 bridgehead atoms. The number of nitrogens with one attached hydrogen (secondary N) is 2. The van der Waals surface area contributed by atoms with Crippen LogP contribution in [-0.2, 0) is 13.1 Å². The number of carbonyl (C=O) groups excluding carboxylic acids is 1. The van der Waals surface area contributed by atoms with E-state index in [1.165, 1.54) is 0 Å². The van der Waals surface area contributed by atoms with Crippen LogP contribution < -0.4 is 10.6 Å². The van der Waals surface area contributed by atoms with Gasteiger partial charge in [-0.15, -0.1) is 5.10 Å². The molecule has 25 heavy (non-hydrogen) atoms. The quantitative estimate of drug-likeness (QED) is 0.649. The maximum Gasteiger partial charge on any atom is 0.273 e. The summed E-state index contributed by atoms with van der Waals surface area (Å²) in [5.41, 5.74) is 0.340. The van der Waals surface area contributed by atoms with Crippen molar-refractivity contribution in [3.8, 4) is 0 Å². The summed E-state index contributed by atoms with van der Waals surface area (Å²) in [6, 6.07) is 0. The standard InChI is InChI=1S/C15H25N9O/c1-12-18-13(2)24(20-12)8-5-17-15(25)14-11-23(21-19-14)10-9-22-6-3-16-4-7-22/h11,16H,3-10H2,1-2H3,(H,17,25). The minimum absolute atomic E-state index is 0.220. The van der Waals surface area contributed by atoms with Crippen molar-refractivity contribution in [3.63, 3.8) is 0 Å². The molecule has 2 aromatic rings. The second-order valence-electron chi connectivity index (χ2n) is 6.14. The van der Waals surface area contributed by atoms with Gasteiger partial charge < -0.3 is 10.6 Å². The zero-order valence-corrected chi connectivity index (χ0v) is 14.8. The summed E-state index contributed by atoms with van der Waals surface area (Å²) in [6.45, 7) is 10.6. The number of nitrogens with zero attached hydrogens (tertiary/aromatic N) is 7. The molecule has 0 aromatic carbocycles. The van der Waals surface area contributed by atoms with E-state index < -0.39 is 0 Å². The molecule has 1 saturated heterocycles. The van der Waals surface area contributed by atoms with E-state index in [9.17, 15) is 4.79 Å². The highest BCUT2D eigenvalue weighted by Gasteiger charge is 2.13. The Morgan fingerprint density at radius 1 is 1.24 bits per heavy atom. The fourth-order valence-electron chi connectivity index (χ4n) is 2.83. The van der Waals surface area contributed by atoms with Gasteiger partial charge in [-0.3, -0.25) is 14.4 Å². The van der Waals surface area contributed by atoms with Gasteiger partial charge in [-0.05, 0) is 13.8 Å². The number of aromatic nitrogens is 6. The molecule has 0 unspecified atom stereocenters. The Morgan fingerprint density at radius 2 is 2.04 bits per heavy atom. The number of aryl methyl sites for hydroxylation is 2. The van der Waals surface area contributed by atoms with Gasteiger partial charge in [0.25, 0.3) is 5.91 Å². The molecule has 1 aliphatic heterocycles. The third-order valence-corrected chi connectivity index (χ3v) is 4.20. The van der Waals surface area contributed by atoms with Crippen LogP contribution in [0.15, 0.2) is 6.20 Å². The van der Waals surface area contributed by atoms with Gasteiger partial charge >= 0.3 is 0 Å². The largest absolute Gasteiger partial charge is 0.349 e. The summed E-state index contributed by atoms with van der Waals surface area (Å²) in [5.74, 6) is 1.35. The lowest BCUT2D eigenvalue weighted by molar-refractivity contribution is 0.0946. The smallest absolute Gasteiger partial charge is 0.273 e. The van der Waals surface area contributed by atoms with E-state index in [2.05, 4.69) is 35.9 Å². The van der Waals surface area contributed by atoms with Gasteiger partial charge in [0.05, 0.1) is 19.3 Å². The molecule has 3 rings (SSSR count). The summed E-state index contributed by atoms with van der Waals surface area (Å²) in [6.07, 6.45) is 1.70. The van der Waals surface area contributed by atoms with Crippen LogP contribution in [0, 0.1) is 13.8 Å². The molecule has 0 aliphatic carbocycles. The number of rotatable bonds is 7. The van der Waals surface area contributed by atoms with Crippen molar-refractivity contribution in [2.75, 3.05) is 39.3 Å². The SMILES string of the molecule is Cc1nc(C)n(CCNC(=O)c2cn(CCN3CCNCC3)nn2)n1. The van der Waals surface area contributed by atoms with Gasteiger partial charge in [0.15, 0.2) is 5.69 Å². The predicted octanol–water partition coefficient (Wildman–Crippen LogP) is -1.18. The number of hydrogen-bond acceptors (Lipinski definition) is 7. The van der Waals surface area contributed by atoms with E-state index in [0.29, 0.717) is 18.8 Å². The Hall–Kier alpha value is -2.33. The molecule has 0 radical (unpaired) electrons. The van der Waals surface area contributed by atoms with Gasteiger partial charge in [-0.1, -0.05) is 5.21 Å². The normalized spacial score (nSPS) is 15.4. The Bertz CT molecular complexity index is 702. The molecular weight excluding hydrogens is 322 g/mol. The monoisotopic (exact) mass is 347 g/mol.